The van der Waals surface area contributed by atoms with E-state index in [2.05, 4.69) is 11.4 Å². The first kappa shape index (κ1) is 14.8. The first-order valence-corrected chi connectivity index (χ1v) is 6.43. The van der Waals surface area contributed by atoms with Crippen molar-refractivity contribution in [2.45, 2.75) is 26.7 Å². The summed E-state index contributed by atoms with van der Waals surface area (Å²) in [5.74, 6) is -0.348. The third-order valence-electron chi connectivity index (χ3n) is 3.06. The lowest BCUT2D eigenvalue weighted by molar-refractivity contribution is -0.123. The van der Waals surface area contributed by atoms with Crippen molar-refractivity contribution >= 4 is 34.8 Å². The van der Waals surface area contributed by atoms with Crippen molar-refractivity contribution in [1.29, 1.82) is 5.26 Å². The smallest absolute Gasteiger partial charge is 0.244 e. The van der Waals surface area contributed by atoms with Crippen molar-refractivity contribution in [3.8, 4) is 6.07 Å². The summed E-state index contributed by atoms with van der Waals surface area (Å²) in [6.07, 6.45) is 0.897. The number of halogens is 2. The molecule has 0 atom stereocenters. The number of carbonyl (C=O) groups is 1. The molecule has 0 spiro atoms. The number of anilines is 1. The van der Waals surface area contributed by atoms with Crippen LogP contribution in [0.3, 0.4) is 0 Å². The van der Waals surface area contributed by atoms with Crippen LogP contribution in [0, 0.1) is 16.7 Å². The van der Waals surface area contributed by atoms with Crippen LogP contribution in [-0.4, -0.2) is 5.91 Å². The highest BCUT2D eigenvalue weighted by Crippen LogP contribution is 2.32. The van der Waals surface area contributed by atoms with Gasteiger partial charge in [0.1, 0.15) is 5.41 Å². The average molecular weight is 285 g/mol. The first-order chi connectivity index (χ1) is 8.50. The Morgan fingerprint density at radius 1 is 1.39 bits per heavy atom. The Morgan fingerprint density at radius 3 is 2.50 bits per heavy atom. The van der Waals surface area contributed by atoms with E-state index in [9.17, 15) is 10.1 Å². The number of amides is 1. The van der Waals surface area contributed by atoms with E-state index in [1.165, 1.54) is 0 Å². The number of hydrogen-bond donors (Lipinski definition) is 1. The monoisotopic (exact) mass is 284 g/mol. The van der Waals surface area contributed by atoms with E-state index in [4.69, 9.17) is 23.2 Å². The summed E-state index contributed by atoms with van der Waals surface area (Å²) in [7, 11) is 0. The minimum absolute atomic E-state index is 0.284. The molecule has 1 aromatic rings. The minimum atomic E-state index is -1.02. The molecule has 1 amide bonds. The van der Waals surface area contributed by atoms with Crippen molar-refractivity contribution in [3.63, 3.8) is 0 Å². The molecule has 0 aliphatic carbocycles. The molecule has 0 aliphatic heterocycles. The zero-order chi connectivity index (χ0) is 13.8. The van der Waals surface area contributed by atoms with Gasteiger partial charge in [-0.3, -0.25) is 4.79 Å². The number of nitrogens with one attached hydrogen (secondary N) is 1. The zero-order valence-corrected chi connectivity index (χ0v) is 11.8. The summed E-state index contributed by atoms with van der Waals surface area (Å²) in [5.41, 5.74) is -0.596. The lowest BCUT2D eigenvalue weighted by Crippen LogP contribution is -2.34. The molecule has 3 nitrogen and oxygen atoms in total. The van der Waals surface area contributed by atoms with E-state index in [1.54, 1.807) is 18.2 Å². The maximum atomic E-state index is 12.2. The van der Waals surface area contributed by atoms with Gasteiger partial charge in [-0.15, -0.1) is 0 Å². The molecule has 0 aliphatic rings. The van der Waals surface area contributed by atoms with E-state index >= 15 is 0 Å². The molecular weight excluding hydrogens is 271 g/mol. The molecule has 0 aromatic heterocycles. The Hall–Kier alpha value is -1.24. The van der Waals surface area contributed by atoms with E-state index in [0.717, 1.165) is 0 Å². The van der Waals surface area contributed by atoms with Crippen LogP contribution in [0.1, 0.15) is 26.7 Å². The molecule has 0 radical (unpaired) electrons. The molecule has 1 rings (SSSR count). The summed E-state index contributed by atoms with van der Waals surface area (Å²) >= 11 is 11.9. The van der Waals surface area contributed by atoms with Gasteiger partial charge < -0.3 is 5.32 Å². The highest BCUT2D eigenvalue weighted by molar-refractivity contribution is 6.44. The Morgan fingerprint density at radius 2 is 2.00 bits per heavy atom. The summed E-state index contributed by atoms with van der Waals surface area (Å²) in [4.78, 5) is 12.2. The Kier molecular flexibility index (Phi) is 5.01. The fourth-order valence-electron chi connectivity index (χ4n) is 1.62. The molecule has 0 saturated carbocycles. The zero-order valence-electron chi connectivity index (χ0n) is 10.3. The summed E-state index contributed by atoms with van der Waals surface area (Å²) < 4.78 is 0. The number of nitriles is 1. The van der Waals surface area contributed by atoms with Gasteiger partial charge in [-0.05, 0) is 25.0 Å². The maximum absolute atomic E-state index is 12.2. The fourth-order valence-corrected chi connectivity index (χ4v) is 1.97. The van der Waals surface area contributed by atoms with Crippen LogP contribution in [0.2, 0.25) is 10.0 Å². The summed E-state index contributed by atoms with van der Waals surface area (Å²) in [6.45, 7) is 3.62. The minimum Gasteiger partial charge on any atom is -0.323 e. The van der Waals surface area contributed by atoms with Crippen molar-refractivity contribution < 1.29 is 4.79 Å². The second-order valence-corrected chi connectivity index (χ2v) is 4.74. The predicted molar refractivity (Wildman–Crippen MR) is 73.7 cm³/mol. The van der Waals surface area contributed by atoms with Crippen LogP contribution in [-0.2, 0) is 4.79 Å². The quantitative estimate of drug-likeness (QED) is 0.898. The van der Waals surface area contributed by atoms with Gasteiger partial charge in [-0.25, -0.2) is 0 Å². The van der Waals surface area contributed by atoms with Crippen molar-refractivity contribution in [2.24, 2.45) is 5.41 Å². The topological polar surface area (TPSA) is 52.9 Å². The van der Waals surface area contributed by atoms with Crippen molar-refractivity contribution in [3.05, 3.63) is 28.2 Å². The fraction of sp³-hybridized carbons (Fsp3) is 0.385. The molecule has 5 heteroatoms. The van der Waals surface area contributed by atoms with Gasteiger partial charge in [0, 0.05) is 0 Å². The summed E-state index contributed by atoms with van der Waals surface area (Å²) in [5, 5.41) is 12.5. The number of hydrogen-bond acceptors (Lipinski definition) is 2. The van der Waals surface area contributed by atoms with E-state index in [0.29, 0.717) is 23.6 Å². The van der Waals surface area contributed by atoms with E-state index in [-0.39, 0.29) is 10.9 Å². The van der Waals surface area contributed by atoms with Crippen LogP contribution in [0.15, 0.2) is 18.2 Å². The highest BCUT2D eigenvalue weighted by atomic mass is 35.5. The molecule has 96 valence electrons. The van der Waals surface area contributed by atoms with Crippen molar-refractivity contribution in [2.75, 3.05) is 5.32 Å². The van der Waals surface area contributed by atoms with E-state index < -0.39 is 5.41 Å². The van der Waals surface area contributed by atoms with Crippen LogP contribution in [0.25, 0.3) is 0 Å². The number of benzene rings is 1. The van der Waals surface area contributed by atoms with Gasteiger partial charge in [-0.2, -0.15) is 5.26 Å². The molecule has 0 heterocycles. The summed E-state index contributed by atoms with van der Waals surface area (Å²) in [6, 6.07) is 7.06. The van der Waals surface area contributed by atoms with E-state index in [1.807, 2.05) is 13.8 Å². The average Bonchev–Trinajstić information content (AvgIpc) is 2.38. The maximum Gasteiger partial charge on any atom is 0.244 e. The lowest BCUT2D eigenvalue weighted by atomic mass is 9.83. The van der Waals surface area contributed by atoms with Crippen LogP contribution < -0.4 is 5.32 Å². The third kappa shape index (κ3) is 2.77. The molecule has 1 N–H and O–H groups in total. The second-order valence-electron chi connectivity index (χ2n) is 3.96. The van der Waals surface area contributed by atoms with Gasteiger partial charge in [0.05, 0.1) is 21.8 Å². The number of rotatable bonds is 4. The molecular formula is C13H14Cl2N2O. The van der Waals surface area contributed by atoms with Gasteiger partial charge in [0.15, 0.2) is 0 Å². The number of carbonyl (C=O) groups excluding carboxylic acids is 1. The third-order valence-corrected chi connectivity index (χ3v) is 3.87. The lowest BCUT2D eigenvalue weighted by Gasteiger charge is -2.22. The van der Waals surface area contributed by atoms with Gasteiger partial charge >= 0.3 is 0 Å². The Labute approximate surface area is 117 Å². The van der Waals surface area contributed by atoms with Crippen molar-refractivity contribution in [1.82, 2.24) is 0 Å². The SMILES string of the molecule is CCC(C#N)(CC)C(=O)Nc1cccc(Cl)c1Cl. The predicted octanol–water partition coefficient (Wildman–Crippen LogP) is 4.26. The number of nitrogens with zero attached hydrogens (tertiary/aromatic N) is 1. The van der Waals surface area contributed by atoms with Gasteiger partial charge in [0.2, 0.25) is 5.91 Å². The second kappa shape index (κ2) is 6.08. The molecule has 0 bridgehead atoms. The van der Waals surface area contributed by atoms with Crippen LogP contribution in [0.5, 0.6) is 0 Å². The molecule has 18 heavy (non-hydrogen) atoms. The van der Waals surface area contributed by atoms with Crippen LogP contribution >= 0.6 is 23.2 Å². The Bertz CT molecular complexity index is 490. The standard InChI is InChI=1S/C13H14Cl2N2O/c1-3-13(4-2,8-16)12(18)17-10-7-5-6-9(14)11(10)15/h5-7H,3-4H2,1-2H3,(H,17,18). The highest BCUT2D eigenvalue weighted by Gasteiger charge is 2.35. The molecule has 0 fully saturated rings. The van der Waals surface area contributed by atoms with Gasteiger partial charge in [0.25, 0.3) is 0 Å². The largest absolute Gasteiger partial charge is 0.323 e. The van der Waals surface area contributed by atoms with Crippen LogP contribution in [0.4, 0.5) is 5.69 Å². The first-order valence-electron chi connectivity index (χ1n) is 5.67. The molecule has 0 unspecified atom stereocenters. The normalized spacial score (nSPS) is 10.8. The van der Waals surface area contributed by atoms with Gasteiger partial charge in [-0.1, -0.05) is 43.1 Å². The Balaban J connectivity index is 3.01. The molecule has 0 saturated heterocycles. The molecule has 1 aromatic carbocycles.